The van der Waals surface area contributed by atoms with Crippen LogP contribution in [0.3, 0.4) is 0 Å². The molecule has 0 bridgehead atoms. The number of para-hydroxylation sites is 1. The van der Waals surface area contributed by atoms with Crippen molar-refractivity contribution in [1.29, 1.82) is 0 Å². The highest BCUT2D eigenvalue weighted by molar-refractivity contribution is 6.04. The first-order chi connectivity index (χ1) is 10.1. The Labute approximate surface area is 122 Å². The molecule has 1 atom stereocenters. The molecule has 1 heterocycles. The second kappa shape index (κ2) is 6.78. The van der Waals surface area contributed by atoms with Crippen LogP contribution in [0, 0.1) is 5.92 Å². The van der Waals surface area contributed by atoms with Crippen molar-refractivity contribution in [1.82, 2.24) is 15.3 Å². The first-order valence-electron chi connectivity index (χ1n) is 6.80. The Morgan fingerprint density at radius 2 is 2.05 bits per heavy atom. The molecule has 0 aliphatic heterocycles. The van der Waals surface area contributed by atoms with Gasteiger partial charge in [0.15, 0.2) is 0 Å². The van der Waals surface area contributed by atoms with Crippen molar-refractivity contribution in [2.75, 3.05) is 6.54 Å². The van der Waals surface area contributed by atoms with Gasteiger partial charge in [-0.25, -0.2) is 0 Å². The van der Waals surface area contributed by atoms with Crippen molar-refractivity contribution in [2.24, 2.45) is 5.92 Å². The van der Waals surface area contributed by atoms with Crippen LogP contribution < -0.4 is 5.32 Å². The summed E-state index contributed by atoms with van der Waals surface area (Å²) in [5.74, 6) is -1.43. The predicted octanol–water partition coefficient (Wildman–Crippen LogP) is 1.86. The third-order valence-corrected chi connectivity index (χ3v) is 3.26. The van der Waals surface area contributed by atoms with Crippen molar-refractivity contribution in [3.8, 4) is 0 Å². The number of carbonyl (C=O) groups is 2. The molecule has 6 nitrogen and oxygen atoms in total. The molecular weight excluding hydrogens is 270 g/mol. The number of nitrogens with one attached hydrogen (secondary N) is 1. The Balaban J connectivity index is 1.95. The number of carbonyl (C=O) groups excluding carboxylic acids is 1. The number of amides is 1. The van der Waals surface area contributed by atoms with E-state index >= 15 is 0 Å². The summed E-state index contributed by atoms with van der Waals surface area (Å²) in [6.45, 7) is 2.09. The molecule has 0 aliphatic rings. The van der Waals surface area contributed by atoms with Crippen LogP contribution in [-0.4, -0.2) is 33.5 Å². The normalized spacial score (nSPS) is 12.0. The zero-order valence-electron chi connectivity index (χ0n) is 11.7. The molecule has 6 heteroatoms. The van der Waals surface area contributed by atoms with Gasteiger partial charge in [0.2, 0.25) is 0 Å². The molecule has 1 amide bonds. The monoisotopic (exact) mass is 287 g/mol. The molecule has 0 fully saturated rings. The summed E-state index contributed by atoms with van der Waals surface area (Å²) in [6, 6.07) is 5.26. The summed E-state index contributed by atoms with van der Waals surface area (Å²) < 4.78 is 0. The number of fused-ring (bicyclic) bond motifs is 1. The molecule has 2 aromatic rings. The Morgan fingerprint density at radius 3 is 2.81 bits per heavy atom. The summed E-state index contributed by atoms with van der Waals surface area (Å²) in [4.78, 5) is 31.2. The van der Waals surface area contributed by atoms with Gasteiger partial charge in [-0.3, -0.25) is 19.6 Å². The first-order valence-corrected chi connectivity index (χ1v) is 6.80. The summed E-state index contributed by atoms with van der Waals surface area (Å²) >= 11 is 0. The molecule has 110 valence electrons. The number of carboxylic acid groups (broad SMARTS) is 1. The van der Waals surface area contributed by atoms with Gasteiger partial charge in [-0.2, -0.15) is 0 Å². The van der Waals surface area contributed by atoms with Crippen LogP contribution in [-0.2, 0) is 4.79 Å². The van der Waals surface area contributed by atoms with Gasteiger partial charge < -0.3 is 10.4 Å². The molecule has 0 aliphatic carbocycles. The maximum atomic E-state index is 12.1. The Bertz CT molecular complexity index is 652. The number of hydrogen-bond donors (Lipinski definition) is 2. The van der Waals surface area contributed by atoms with Crippen LogP contribution in [0.4, 0.5) is 0 Å². The smallest absolute Gasteiger partial charge is 0.306 e. The Kier molecular flexibility index (Phi) is 4.81. The Hall–Kier alpha value is -2.50. The molecule has 1 unspecified atom stereocenters. The van der Waals surface area contributed by atoms with Crippen LogP contribution in [0.2, 0.25) is 0 Å². The van der Waals surface area contributed by atoms with E-state index in [9.17, 15) is 9.59 Å². The molecule has 0 radical (unpaired) electrons. The van der Waals surface area contributed by atoms with Gasteiger partial charge in [-0.15, -0.1) is 0 Å². The average molecular weight is 287 g/mol. The van der Waals surface area contributed by atoms with E-state index in [1.165, 1.54) is 0 Å². The average Bonchev–Trinajstić information content (AvgIpc) is 2.50. The fourth-order valence-corrected chi connectivity index (χ4v) is 2.00. The van der Waals surface area contributed by atoms with Gasteiger partial charge in [-0.1, -0.05) is 13.0 Å². The Morgan fingerprint density at radius 1 is 1.29 bits per heavy atom. The quantitative estimate of drug-likeness (QED) is 0.791. The summed E-state index contributed by atoms with van der Waals surface area (Å²) in [6.07, 6.45) is 4.28. The first kappa shape index (κ1) is 14.9. The standard InChI is InChI=1S/C15H17N3O3/c1-10(15(20)21)4-3-7-18-14(19)11-5-2-6-12-13(11)17-9-8-16-12/h2,5-6,8-10H,3-4,7H2,1H3,(H,18,19)(H,20,21). The highest BCUT2D eigenvalue weighted by atomic mass is 16.4. The summed E-state index contributed by atoms with van der Waals surface area (Å²) in [5, 5.41) is 11.6. The van der Waals surface area contributed by atoms with Gasteiger partial charge in [0.1, 0.15) is 5.52 Å². The molecule has 0 saturated heterocycles. The zero-order valence-corrected chi connectivity index (χ0v) is 11.7. The molecule has 21 heavy (non-hydrogen) atoms. The minimum atomic E-state index is -0.814. The highest BCUT2D eigenvalue weighted by Gasteiger charge is 2.12. The van der Waals surface area contributed by atoms with Crippen molar-refractivity contribution in [2.45, 2.75) is 19.8 Å². The number of aromatic nitrogens is 2. The van der Waals surface area contributed by atoms with Crippen molar-refractivity contribution in [3.05, 3.63) is 36.2 Å². The number of benzene rings is 1. The van der Waals surface area contributed by atoms with Crippen LogP contribution >= 0.6 is 0 Å². The predicted molar refractivity (Wildman–Crippen MR) is 77.9 cm³/mol. The maximum Gasteiger partial charge on any atom is 0.306 e. The molecule has 0 saturated carbocycles. The fourth-order valence-electron chi connectivity index (χ4n) is 2.00. The van der Waals surface area contributed by atoms with E-state index in [4.69, 9.17) is 5.11 Å². The molecule has 2 N–H and O–H groups in total. The van der Waals surface area contributed by atoms with Crippen LogP contribution in [0.1, 0.15) is 30.1 Å². The van der Waals surface area contributed by atoms with Crippen molar-refractivity contribution < 1.29 is 14.7 Å². The van der Waals surface area contributed by atoms with Gasteiger partial charge in [-0.05, 0) is 25.0 Å². The number of hydrogen-bond acceptors (Lipinski definition) is 4. The molecule has 1 aromatic heterocycles. The summed E-state index contributed by atoms with van der Waals surface area (Å²) in [7, 11) is 0. The van der Waals surface area contributed by atoms with Crippen LogP contribution in [0.15, 0.2) is 30.6 Å². The fraction of sp³-hybridized carbons (Fsp3) is 0.333. The largest absolute Gasteiger partial charge is 0.481 e. The van der Waals surface area contributed by atoms with E-state index in [0.717, 1.165) is 0 Å². The number of carboxylic acids is 1. The lowest BCUT2D eigenvalue weighted by atomic mass is 10.1. The molecule has 2 rings (SSSR count). The SMILES string of the molecule is CC(CCCNC(=O)c1cccc2nccnc12)C(=O)O. The van der Waals surface area contributed by atoms with E-state index in [2.05, 4.69) is 15.3 Å². The molecule has 1 aromatic carbocycles. The van der Waals surface area contributed by atoms with Crippen molar-refractivity contribution >= 4 is 22.9 Å². The molecular formula is C15H17N3O3. The maximum absolute atomic E-state index is 12.1. The van der Waals surface area contributed by atoms with E-state index in [-0.39, 0.29) is 5.91 Å². The van der Waals surface area contributed by atoms with Gasteiger partial charge in [0, 0.05) is 18.9 Å². The summed E-state index contributed by atoms with van der Waals surface area (Å²) in [5.41, 5.74) is 1.72. The lowest BCUT2D eigenvalue weighted by molar-refractivity contribution is -0.141. The second-order valence-electron chi connectivity index (χ2n) is 4.87. The van der Waals surface area contributed by atoms with Gasteiger partial charge >= 0.3 is 5.97 Å². The van der Waals surface area contributed by atoms with Gasteiger partial charge in [0.25, 0.3) is 5.91 Å². The minimum Gasteiger partial charge on any atom is -0.481 e. The minimum absolute atomic E-state index is 0.218. The molecule has 0 spiro atoms. The van der Waals surface area contributed by atoms with E-state index < -0.39 is 11.9 Å². The topological polar surface area (TPSA) is 92.2 Å². The lowest BCUT2D eigenvalue weighted by Crippen LogP contribution is -2.25. The van der Waals surface area contributed by atoms with E-state index in [0.29, 0.717) is 36.0 Å². The zero-order chi connectivity index (χ0) is 15.2. The highest BCUT2D eigenvalue weighted by Crippen LogP contribution is 2.13. The van der Waals surface area contributed by atoms with Crippen molar-refractivity contribution in [3.63, 3.8) is 0 Å². The van der Waals surface area contributed by atoms with E-state index in [1.54, 1.807) is 37.5 Å². The van der Waals surface area contributed by atoms with Gasteiger partial charge in [0.05, 0.1) is 17.0 Å². The lowest BCUT2D eigenvalue weighted by Gasteiger charge is -2.08. The number of rotatable bonds is 6. The van der Waals surface area contributed by atoms with Crippen LogP contribution in [0.25, 0.3) is 11.0 Å². The van der Waals surface area contributed by atoms with E-state index in [1.807, 2.05) is 0 Å². The third kappa shape index (κ3) is 3.75. The number of nitrogens with zero attached hydrogens (tertiary/aromatic N) is 2. The number of aliphatic carboxylic acids is 1. The van der Waals surface area contributed by atoms with Crippen LogP contribution in [0.5, 0.6) is 0 Å². The third-order valence-electron chi connectivity index (χ3n) is 3.26. The second-order valence-corrected chi connectivity index (χ2v) is 4.87.